The number of hydrogen-bond donors (Lipinski definition) is 2. The Morgan fingerprint density at radius 1 is 0.405 bits per heavy atom. The minimum Gasteiger partial charge on any atom is -0.354 e. The molecule has 2 N–H and O–H groups in total. The molecule has 0 amide bonds. The number of nitrogens with zero attached hydrogens (tertiary/aromatic N) is 1. The second-order valence-electron chi connectivity index (χ2n) is 10.1. The highest BCUT2D eigenvalue weighted by Crippen LogP contribution is 2.33. The number of fused-ring (bicyclic) bond motifs is 4. The van der Waals surface area contributed by atoms with E-state index < -0.39 is 0 Å². The molecule has 4 bridgehead atoms. The zero-order chi connectivity index (χ0) is 28.1. The SMILES string of the molecule is C(#Cc1ncc(-c2ccccc2)c2ccc([nH]2)c(-c2ccccc2)c2ccc([nH]2)c1-c1ccccc1)c1ccccc1. The van der Waals surface area contributed by atoms with Crippen LogP contribution in [-0.2, 0) is 0 Å². The summed E-state index contributed by atoms with van der Waals surface area (Å²) in [5, 5.41) is 0. The molecule has 7 aromatic rings. The molecular weight excluding hydrogens is 510 g/mol. The Balaban J connectivity index is 1.65. The summed E-state index contributed by atoms with van der Waals surface area (Å²) < 4.78 is 0. The van der Waals surface area contributed by atoms with Crippen molar-refractivity contribution in [3.63, 3.8) is 0 Å². The van der Waals surface area contributed by atoms with E-state index >= 15 is 0 Å². The number of benzene rings is 4. The lowest BCUT2D eigenvalue weighted by Crippen LogP contribution is -1.89. The summed E-state index contributed by atoms with van der Waals surface area (Å²) >= 11 is 0. The Bertz CT molecular complexity index is 2110. The monoisotopic (exact) mass is 537 g/mol. The molecule has 3 heterocycles. The summed E-state index contributed by atoms with van der Waals surface area (Å²) in [7, 11) is 0. The lowest BCUT2D eigenvalue weighted by molar-refractivity contribution is 1.31. The number of aromatic amines is 2. The van der Waals surface area contributed by atoms with Crippen LogP contribution in [0.4, 0.5) is 0 Å². The standard InChI is InChI=1S/C39H27N3/c1-5-13-28(14-6-1)21-22-34-38(30-17-9-3-10-18-30)35-25-26-37(42-35)39(31-19-11-4-12-20-31)36-24-23-33(41-36)32(27-40-34)29-15-7-2-8-16-29/h1-20,23-27,41-42H. The van der Waals surface area contributed by atoms with E-state index in [0.29, 0.717) is 5.69 Å². The molecule has 198 valence electrons. The first-order valence-electron chi connectivity index (χ1n) is 14.0. The van der Waals surface area contributed by atoms with Crippen molar-refractivity contribution in [3.05, 3.63) is 163 Å². The lowest BCUT2D eigenvalue weighted by atomic mass is 10.0. The maximum Gasteiger partial charge on any atom is 0.123 e. The largest absolute Gasteiger partial charge is 0.354 e. The summed E-state index contributed by atoms with van der Waals surface area (Å²) in [6, 6.07) is 49.8. The van der Waals surface area contributed by atoms with Crippen LogP contribution in [0, 0.1) is 11.8 Å². The Morgan fingerprint density at radius 2 is 0.857 bits per heavy atom. The van der Waals surface area contributed by atoms with Gasteiger partial charge < -0.3 is 9.97 Å². The Kier molecular flexibility index (Phi) is 6.78. The zero-order valence-corrected chi connectivity index (χ0v) is 22.9. The minimum absolute atomic E-state index is 0.681. The molecule has 3 heteroatoms. The number of rotatable bonds is 3. The molecule has 0 fully saturated rings. The van der Waals surface area contributed by atoms with Gasteiger partial charge >= 0.3 is 0 Å². The van der Waals surface area contributed by atoms with E-state index in [1.807, 2.05) is 54.7 Å². The van der Waals surface area contributed by atoms with E-state index in [2.05, 4.69) is 119 Å². The van der Waals surface area contributed by atoms with Gasteiger partial charge in [0, 0.05) is 50.5 Å². The molecular formula is C39H27N3. The van der Waals surface area contributed by atoms with Gasteiger partial charge in [-0.25, -0.2) is 4.98 Å². The summed E-state index contributed by atoms with van der Waals surface area (Å²) in [5.41, 5.74) is 11.9. The highest BCUT2D eigenvalue weighted by Gasteiger charge is 2.12. The summed E-state index contributed by atoms with van der Waals surface area (Å²) in [6.45, 7) is 0. The van der Waals surface area contributed by atoms with Crippen LogP contribution in [-0.4, -0.2) is 15.0 Å². The predicted molar refractivity (Wildman–Crippen MR) is 174 cm³/mol. The molecule has 0 radical (unpaired) electrons. The predicted octanol–water partition coefficient (Wildman–Crippen LogP) is 9.57. The Hall–Kier alpha value is -5.85. The van der Waals surface area contributed by atoms with Crippen molar-refractivity contribution in [1.82, 2.24) is 15.0 Å². The molecule has 0 spiro atoms. The third kappa shape index (κ3) is 5.06. The summed E-state index contributed by atoms with van der Waals surface area (Å²) in [5.74, 6) is 6.79. The number of aromatic nitrogens is 3. The van der Waals surface area contributed by atoms with E-state index in [-0.39, 0.29) is 0 Å². The molecule has 0 saturated carbocycles. The first-order chi connectivity index (χ1) is 20.8. The molecule has 0 aliphatic rings. The van der Waals surface area contributed by atoms with E-state index in [4.69, 9.17) is 4.98 Å². The van der Waals surface area contributed by atoms with Gasteiger partial charge in [-0.15, -0.1) is 0 Å². The van der Waals surface area contributed by atoms with Crippen LogP contribution in [0.25, 0.3) is 55.4 Å². The van der Waals surface area contributed by atoms with Crippen LogP contribution in [0.5, 0.6) is 0 Å². The first kappa shape index (κ1) is 25.1. The van der Waals surface area contributed by atoms with Crippen LogP contribution < -0.4 is 0 Å². The molecule has 0 aliphatic carbocycles. The molecule has 0 atom stereocenters. The van der Waals surface area contributed by atoms with E-state index in [0.717, 1.165) is 61.0 Å². The van der Waals surface area contributed by atoms with Gasteiger partial charge in [-0.05, 0) is 59.0 Å². The van der Waals surface area contributed by atoms with Gasteiger partial charge in [0.05, 0.1) is 0 Å². The number of H-pyrrole nitrogens is 2. The molecule has 42 heavy (non-hydrogen) atoms. The second kappa shape index (κ2) is 11.3. The lowest BCUT2D eigenvalue weighted by Gasteiger charge is -2.06. The van der Waals surface area contributed by atoms with Gasteiger partial charge in [0.15, 0.2) is 0 Å². The molecule has 0 saturated heterocycles. The topological polar surface area (TPSA) is 44.5 Å². The minimum atomic E-state index is 0.681. The summed E-state index contributed by atoms with van der Waals surface area (Å²) in [6.07, 6.45) is 1.94. The maximum absolute atomic E-state index is 5.13. The van der Waals surface area contributed by atoms with Crippen molar-refractivity contribution in [2.75, 3.05) is 0 Å². The van der Waals surface area contributed by atoms with Gasteiger partial charge in [-0.3, -0.25) is 0 Å². The van der Waals surface area contributed by atoms with Gasteiger partial charge in [-0.1, -0.05) is 115 Å². The number of hydrogen-bond acceptors (Lipinski definition) is 1. The van der Waals surface area contributed by atoms with Crippen LogP contribution in [0.1, 0.15) is 11.3 Å². The fraction of sp³-hybridized carbons (Fsp3) is 0. The van der Waals surface area contributed by atoms with Gasteiger partial charge in [0.25, 0.3) is 0 Å². The molecule has 3 nitrogen and oxygen atoms in total. The third-order valence-electron chi connectivity index (χ3n) is 7.34. The molecule has 0 unspecified atom stereocenters. The average Bonchev–Trinajstić information content (AvgIpc) is 3.73. The van der Waals surface area contributed by atoms with Gasteiger partial charge in [0.2, 0.25) is 0 Å². The fourth-order valence-electron chi connectivity index (χ4n) is 5.33. The second-order valence-corrected chi connectivity index (χ2v) is 10.1. The van der Waals surface area contributed by atoms with Gasteiger partial charge in [0.1, 0.15) is 5.69 Å². The molecule has 4 aromatic carbocycles. The Labute approximate surface area is 244 Å². The van der Waals surface area contributed by atoms with Crippen molar-refractivity contribution in [2.45, 2.75) is 0 Å². The quantitative estimate of drug-likeness (QED) is 0.217. The maximum atomic E-state index is 5.13. The highest BCUT2D eigenvalue weighted by atomic mass is 14.8. The van der Waals surface area contributed by atoms with Crippen molar-refractivity contribution >= 4 is 22.1 Å². The van der Waals surface area contributed by atoms with Crippen LogP contribution >= 0.6 is 0 Å². The smallest absolute Gasteiger partial charge is 0.123 e. The molecule has 0 aliphatic heterocycles. The van der Waals surface area contributed by atoms with Crippen molar-refractivity contribution in [2.24, 2.45) is 0 Å². The van der Waals surface area contributed by atoms with Crippen molar-refractivity contribution in [3.8, 4) is 45.2 Å². The molecule has 7 rings (SSSR count). The fourth-order valence-corrected chi connectivity index (χ4v) is 5.33. The van der Waals surface area contributed by atoms with E-state index in [9.17, 15) is 0 Å². The van der Waals surface area contributed by atoms with E-state index in [1.165, 1.54) is 0 Å². The number of nitrogens with one attached hydrogen (secondary N) is 2. The third-order valence-corrected chi connectivity index (χ3v) is 7.34. The summed E-state index contributed by atoms with van der Waals surface area (Å²) in [4.78, 5) is 12.6. The van der Waals surface area contributed by atoms with Crippen LogP contribution in [0.3, 0.4) is 0 Å². The van der Waals surface area contributed by atoms with Crippen molar-refractivity contribution < 1.29 is 0 Å². The highest BCUT2D eigenvalue weighted by molar-refractivity contribution is 5.96. The average molecular weight is 538 g/mol. The molecule has 3 aromatic heterocycles. The van der Waals surface area contributed by atoms with Crippen LogP contribution in [0.15, 0.2) is 152 Å². The normalized spacial score (nSPS) is 10.7. The van der Waals surface area contributed by atoms with Crippen LogP contribution in [0.2, 0.25) is 0 Å². The van der Waals surface area contributed by atoms with Crippen molar-refractivity contribution in [1.29, 1.82) is 0 Å². The first-order valence-corrected chi connectivity index (χ1v) is 14.0. The van der Waals surface area contributed by atoms with E-state index in [1.54, 1.807) is 0 Å². The zero-order valence-electron chi connectivity index (χ0n) is 22.9. The van der Waals surface area contributed by atoms with Gasteiger partial charge in [-0.2, -0.15) is 0 Å². The Morgan fingerprint density at radius 3 is 1.45 bits per heavy atom.